The molecule has 1 atom stereocenters. The van der Waals surface area contributed by atoms with E-state index in [1.807, 2.05) is 25.3 Å². The Kier molecular flexibility index (Phi) is 5.95. The Bertz CT molecular complexity index is 962. The zero-order valence-corrected chi connectivity index (χ0v) is 17.1. The topological polar surface area (TPSA) is 39.1 Å². The van der Waals surface area contributed by atoms with Crippen LogP contribution in [0, 0.1) is 12.7 Å². The smallest absolute Gasteiger partial charge is 0.125 e. The normalized spacial score (nSPS) is 15.6. The molecule has 0 saturated heterocycles. The van der Waals surface area contributed by atoms with Gasteiger partial charge in [-0.3, -0.25) is 0 Å². The molecule has 1 aliphatic carbocycles. The van der Waals surface area contributed by atoms with Gasteiger partial charge in [0.15, 0.2) is 0 Å². The molecular weight excluding hydrogens is 365 g/mol. The Labute approximate surface area is 171 Å². The lowest BCUT2D eigenvalue weighted by Gasteiger charge is -2.16. The van der Waals surface area contributed by atoms with Gasteiger partial charge in [-0.25, -0.2) is 9.07 Å². The summed E-state index contributed by atoms with van der Waals surface area (Å²) < 4.78 is 21.5. The predicted molar refractivity (Wildman–Crippen MR) is 113 cm³/mol. The largest absolute Gasteiger partial charge is 0.490 e. The van der Waals surface area contributed by atoms with Crippen molar-refractivity contribution in [3.8, 4) is 11.4 Å². The average molecular weight is 394 g/mol. The number of hydrogen-bond donors (Lipinski definition) is 1. The van der Waals surface area contributed by atoms with E-state index in [1.54, 1.807) is 10.7 Å². The lowest BCUT2D eigenvalue weighted by atomic mass is 10.1. The summed E-state index contributed by atoms with van der Waals surface area (Å²) in [5.74, 6) is 0.698. The first kappa shape index (κ1) is 19.6. The van der Waals surface area contributed by atoms with Crippen molar-refractivity contribution in [3.05, 3.63) is 77.4 Å². The van der Waals surface area contributed by atoms with Crippen LogP contribution in [0.2, 0.25) is 0 Å². The van der Waals surface area contributed by atoms with Crippen LogP contribution in [0.4, 0.5) is 4.39 Å². The number of rotatable bonds is 7. The molecule has 2 aromatic carbocycles. The summed E-state index contributed by atoms with van der Waals surface area (Å²) in [7, 11) is 0. The van der Waals surface area contributed by atoms with Crippen molar-refractivity contribution in [1.82, 2.24) is 15.1 Å². The molecule has 4 nitrogen and oxygen atoms in total. The molecule has 1 heterocycles. The molecule has 1 aromatic heterocycles. The van der Waals surface area contributed by atoms with Crippen LogP contribution in [0.3, 0.4) is 0 Å². The maximum Gasteiger partial charge on any atom is 0.125 e. The molecule has 0 aliphatic heterocycles. The molecule has 1 unspecified atom stereocenters. The number of nitrogens with zero attached hydrogens (tertiary/aromatic N) is 2. The molecule has 152 valence electrons. The van der Waals surface area contributed by atoms with Crippen LogP contribution < -0.4 is 10.1 Å². The first-order chi connectivity index (χ1) is 14.1. The van der Waals surface area contributed by atoms with Crippen LogP contribution >= 0.6 is 0 Å². The van der Waals surface area contributed by atoms with Gasteiger partial charge in [0, 0.05) is 23.8 Å². The average Bonchev–Trinajstić information content (AvgIpc) is 3.36. The maximum atomic E-state index is 13.6. The van der Waals surface area contributed by atoms with Gasteiger partial charge in [-0.1, -0.05) is 18.2 Å². The van der Waals surface area contributed by atoms with Gasteiger partial charge in [0.25, 0.3) is 0 Å². The van der Waals surface area contributed by atoms with Gasteiger partial charge in [0.05, 0.1) is 18.0 Å². The Morgan fingerprint density at radius 2 is 1.97 bits per heavy atom. The monoisotopic (exact) mass is 393 g/mol. The first-order valence-electron chi connectivity index (χ1n) is 10.4. The molecule has 1 N–H and O–H groups in total. The fourth-order valence-corrected chi connectivity index (χ4v) is 4.02. The third-order valence-corrected chi connectivity index (χ3v) is 5.68. The van der Waals surface area contributed by atoms with Crippen LogP contribution in [-0.2, 0) is 6.54 Å². The van der Waals surface area contributed by atoms with Crippen LogP contribution in [0.25, 0.3) is 5.69 Å². The highest BCUT2D eigenvalue weighted by molar-refractivity contribution is 5.36. The van der Waals surface area contributed by atoms with E-state index >= 15 is 0 Å². The molecule has 1 aliphatic rings. The van der Waals surface area contributed by atoms with E-state index in [0.29, 0.717) is 6.10 Å². The van der Waals surface area contributed by atoms with Gasteiger partial charge < -0.3 is 10.1 Å². The van der Waals surface area contributed by atoms with E-state index in [-0.39, 0.29) is 11.9 Å². The number of nitrogens with one attached hydrogen (secondary N) is 1. The Morgan fingerprint density at radius 3 is 2.76 bits per heavy atom. The van der Waals surface area contributed by atoms with Gasteiger partial charge in [-0.05, 0) is 75.4 Å². The summed E-state index contributed by atoms with van der Waals surface area (Å²) in [6.45, 7) is 4.88. The Morgan fingerprint density at radius 1 is 1.17 bits per heavy atom. The van der Waals surface area contributed by atoms with Gasteiger partial charge in [0.1, 0.15) is 11.6 Å². The minimum atomic E-state index is -0.259. The summed E-state index contributed by atoms with van der Waals surface area (Å²) in [6.07, 6.45) is 7.09. The highest BCUT2D eigenvalue weighted by Gasteiger charge is 2.17. The highest BCUT2D eigenvalue weighted by atomic mass is 19.1. The number of ether oxygens (including phenoxy) is 1. The van der Waals surface area contributed by atoms with Crippen molar-refractivity contribution < 1.29 is 9.13 Å². The second kappa shape index (κ2) is 8.78. The molecule has 3 aromatic rings. The second-order valence-electron chi connectivity index (χ2n) is 7.85. The summed E-state index contributed by atoms with van der Waals surface area (Å²) in [6, 6.07) is 15.0. The third kappa shape index (κ3) is 4.67. The molecule has 29 heavy (non-hydrogen) atoms. The summed E-state index contributed by atoms with van der Waals surface area (Å²) in [5, 5.41) is 8.03. The summed E-state index contributed by atoms with van der Waals surface area (Å²) >= 11 is 0. The van der Waals surface area contributed by atoms with Crippen molar-refractivity contribution in [1.29, 1.82) is 0 Å². The SMILES string of the molecule is Cc1c(C(C)NCc2cccc(OC3CCCC3)c2)cnn1-c1cccc(F)c1. The third-order valence-electron chi connectivity index (χ3n) is 5.68. The van der Waals surface area contributed by atoms with Gasteiger partial charge >= 0.3 is 0 Å². The van der Waals surface area contributed by atoms with Gasteiger partial charge in [0.2, 0.25) is 0 Å². The molecule has 0 spiro atoms. The van der Waals surface area contributed by atoms with Crippen LogP contribution in [-0.4, -0.2) is 15.9 Å². The van der Waals surface area contributed by atoms with E-state index in [9.17, 15) is 4.39 Å². The molecule has 1 saturated carbocycles. The Balaban J connectivity index is 1.40. The standard InChI is InChI=1S/C24H28FN3O/c1-17(24-16-27-28(18(24)2)21-9-6-8-20(25)14-21)26-15-19-7-5-12-23(13-19)29-22-10-3-4-11-22/h5-9,12-14,16-17,22,26H,3-4,10-11,15H2,1-2H3. The summed E-state index contributed by atoms with van der Waals surface area (Å²) in [5.41, 5.74) is 4.04. The van der Waals surface area contributed by atoms with Crippen molar-refractivity contribution in [3.63, 3.8) is 0 Å². The molecular formula is C24H28FN3O. The lowest BCUT2D eigenvalue weighted by Crippen LogP contribution is -2.19. The molecule has 5 heteroatoms. The lowest BCUT2D eigenvalue weighted by molar-refractivity contribution is 0.210. The Hall–Kier alpha value is -2.66. The van der Waals surface area contributed by atoms with Crippen molar-refractivity contribution in [2.24, 2.45) is 0 Å². The number of aromatic nitrogens is 2. The fourth-order valence-electron chi connectivity index (χ4n) is 4.02. The minimum absolute atomic E-state index is 0.122. The molecule has 1 fully saturated rings. The van der Waals surface area contributed by atoms with Crippen molar-refractivity contribution in [2.45, 2.75) is 58.2 Å². The van der Waals surface area contributed by atoms with Crippen molar-refractivity contribution in [2.75, 3.05) is 0 Å². The van der Waals surface area contributed by atoms with Crippen molar-refractivity contribution >= 4 is 0 Å². The van der Waals surface area contributed by atoms with Crippen LogP contribution in [0.5, 0.6) is 5.75 Å². The zero-order valence-electron chi connectivity index (χ0n) is 17.1. The quantitative estimate of drug-likeness (QED) is 0.577. The van der Waals surface area contributed by atoms with Crippen LogP contribution in [0.15, 0.2) is 54.7 Å². The van der Waals surface area contributed by atoms with E-state index in [2.05, 4.69) is 35.5 Å². The highest BCUT2D eigenvalue weighted by Crippen LogP contribution is 2.25. The van der Waals surface area contributed by atoms with E-state index in [1.165, 1.54) is 30.5 Å². The molecule has 0 amide bonds. The van der Waals surface area contributed by atoms with Crippen LogP contribution in [0.1, 0.15) is 55.5 Å². The second-order valence-corrected chi connectivity index (χ2v) is 7.85. The van der Waals surface area contributed by atoms with E-state index in [0.717, 1.165) is 42.1 Å². The maximum absolute atomic E-state index is 13.6. The zero-order chi connectivity index (χ0) is 20.2. The first-order valence-corrected chi connectivity index (χ1v) is 10.4. The number of hydrogen-bond acceptors (Lipinski definition) is 3. The molecule has 0 radical (unpaired) electrons. The molecule has 4 rings (SSSR count). The number of benzene rings is 2. The van der Waals surface area contributed by atoms with Gasteiger partial charge in [-0.2, -0.15) is 5.10 Å². The molecule has 0 bridgehead atoms. The van der Waals surface area contributed by atoms with E-state index < -0.39 is 0 Å². The number of halogens is 1. The fraction of sp³-hybridized carbons (Fsp3) is 0.375. The minimum Gasteiger partial charge on any atom is -0.490 e. The van der Waals surface area contributed by atoms with Gasteiger partial charge in [-0.15, -0.1) is 0 Å². The predicted octanol–water partition coefficient (Wildman–Crippen LogP) is 5.49. The summed E-state index contributed by atoms with van der Waals surface area (Å²) in [4.78, 5) is 0. The van der Waals surface area contributed by atoms with E-state index in [4.69, 9.17) is 4.74 Å².